The average Bonchev–Trinajstić information content (AvgIpc) is 3.36. The molecule has 0 unspecified atom stereocenters. The lowest BCUT2D eigenvalue weighted by atomic mass is 9.89. The molecule has 1 aliphatic rings. The fraction of sp³-hybridized carbons (Fsp3) is 0.370. The number of rotatable bonds is 4. The molecule has 1 fully saturated rings. The number of furan rings is 1. The standard InChI is InChI=1S/C27H30N4O3/c1-16-14-22-21(6-5-7-25(22)34-16)26(32)29-19-9-11-20(12-10-19)31(4)27(33)18-8-13-24-23(15-18)28-17(2)30(24)3/h5-8,13-15,19-20H,9-12H2,1-4H3,(H,29,32). The van der Waals surface area contributed by atoms with Gasteiger partial charge in [-0.1, -0.05) is 6.07 Å². The Kier molecular flexibility index (Phi) is 5.63. The summed E-state index contributed by atoms with van der Waals surface area (Å²) in [5.74, 6) is 1.66. The van der Waals surface area contributed by atoms with E-state index >= 15 is 0 Å². The van der Waals surface area contributed by atoms with Crippen molar-refractivity contribution in [1.29, 1.82) is 0 Å². The predicted octanol–water partition coefficient (Wildman–Crippen LogP) is 4.75. The Balaban J connectivity index is 1.21. The van der Waals surface area contributed by atoms with Crippen molar-refractivity contribution in [3.8, 4) is 0 Å². The number of hydrogen-bond acceptors (Lipinski definition) is 4. The van der Waals surface area contributed by atoms with Gasteiger partial charge in [-0.25, -0.2) is 4.98 Å². The van der Waals surface area contributed by atoms with Crippen LogP contribution in [0.3, 0.4) is 0 Å². The van der Waals surface area contributed by atoms with Gasteiger partial charge in [0, 0.05) is 37.1 Å². The van der Waals surface area contributed by atoms with Gasteiger partial charge in [0.15, 0.2) is 0 Å². The number of aromatic nitrogens is 2. The molecule has 1 N–H and O–H groups in total. The third-order valence-electron chi connectivity index (χ3n) is 7.18. The highest BCUT2D eigenvalue weighted by atomic mass is 16.3. The molecule has 7 heteroatoms. The van der Waals surface area contributed by atoms with Gasteiger partial charge in [0.2, 0.25) is 0 Å². The third kappa shape index (κ3) is 3.95. The fourth-order valence-electron chi connectivity index (χ4n) is 5.08. The largest absolute Gasteiger partial charge is 0.461 e. The van der Waals surface area contributed by atoms with Crippen molar-refractivity contribution in [3.63, 3.8) is 0 Å². The molecule has 0 spiro atoms. The molecule has 0 bridgehead atoms. The lowest BCUT2D eigenvalue weighted by molar-refractivity contribution is 0.0675. The van der Waals surface area contributed by atoms with Crippen molar-refractivity contribution in [1.82, 2.24) is 19.8 Å². The Morgan fingerprint density at radius 2 is 1.85 bits per heavy atom. The number of carbonyl (C=O) groups excluding carboxylic acids is 2. The first-order chi connectivity index (χ1) is 16.3. The summed E-state index contributed by atoms with van der Waals surface area (Å²) in [6, 6.07) is 13.5. The molecule has 2 amide bonds. The van der Waals surface area contributed by atoms with Gasteiger partial charge in [-0.05, 0) is 75.9 Å². The summed E-state index contributed by atoms with van der Waals surface area (Å²) >= 11 is 0. The minimum atomic E-state index is -0.0711. The molecule has 2 aromatic carbocycles. The maximum Gasteiger partial charge on any atom is 0.253 e. The van der Waals surface area contributed by atoms with Crippen LogP contribution >= 0.6 is 0 Å². The number of carbonyl (C=O) groups is 2. The van der Waals surface area contributed by atoms with Gasteiger partial charge >= 0.3 is 0 Å². The summed E-state index contributed by atoms with van der Waals surface area (Å²) in [4.78, 5) is 32.5. The van der Waals surface area contributed by atoms with Crippen LogP contribution in [0, 0.1) is 13.8 Å². The maximum atomic E-state index is 13.2. The second-order valence-electron chi connectivity index (χ2n) is 9.39. The van der Waals surface area contributed by atoms with Crippen LogP contribution in [-0.2, 0) is 7.05 Å². The van der Waals surface area contributed by atoms with Crippen LogP contribution in [0.1, 0.15) is 58.0 Å². The quantitative estimate of drug-likeness (QED) is 0.479. The van der Waals surface area contributed by atoms with Crippen LogP contribution in [0.5, 0.6) is 0 Å². The molecular weight excluding hydrogens is 428 g/mol. The second-order valence-corrected chi connectivity index (χ2v) is 9.39. The first-order valence-electron chi connectivity index (χ1n) is 11.8. The van der Waals surface area contributed by atoms with Gasteiger partial charge in [0.25, 0.3) is 11.8 Å². The van der Waals surface area contributed by atoms with E-state index < -0.39 is 0 Å². The molecule has 5 rings (SSSR count). The van der Waals surface area contributed by atoms with E-state index in [0.717, 1.165) is 59.3 Å². The van der Waals surface area contributed by atoms with Crippen molar-refractivity contribution >= 4 is 33.8 Å². The van der Waals surface area contributed by atoms with Crippen molar-refractivity contribution in [3.05, 3.63) is 65.2 Å². The molecule has 0 aliphatic heterocycles. The lowest BCUT2D eigenvalue weighted by Gasteiger charge is -2.35. The Hall–Kier alpha value is -3.61. The van der Waals surface area contributed by atoms with Gasteiger partial charge in [-0.15, -0.1) is 0 Å². The molecule has 0 saturated heterocycles. The number of amides is 2. The van der Waals surface area contributed by atoms with E-state index in [4.69, 9.17) is 4.42 Å². The second kappa shape index (κ2) is 8.63. The van der Waals surface area contributed by atoms with Gasteiger partial charge in [0.1, 0.15) is 17.2 Å². The number of nitrogens with zero attached hydrogens (tertiary/aromatic N) is 3. The minimum Gasteiger partial charge on any atom is -0.461 e. The first-order valence-corrected chi connectivity index (χ1v) is 11.8. The summed E-state index contributed by atoms with van der Waals surface area (Å²) in [5, 5.41) is 4.03. The van der Waals surface area contributed by atoms with Gasteiger partial charge in [-0.2, -0.15) is 0 Å². The van der Waals surface area contributed by atoms with Crippen molar-refractivity contribution in [2.24, 2.45) is 7.05 Å². The van der Waals surface area contributed by atoms with Crippen LogP contribution in [-0.4, -0.2) is 45.4 Å². The van der Waals surface area contributed by atoms with Crippen molar-refractivity contribution < 1.29 is 14.0 Å². The minimum absolute atomic E-state index is 0.0136. The van der Waals surface area contributed by atoms with E-state index in [1.54, 1.807) is 0 Å². The Labute approximate surface area is 198 Å². The zero-order valence-electron chi connectivity index (χ0n) is 20.1. The Bertz CT molecular complexity index is 1390. The summed E-state index contributed by atoms with van der Waals surface area (Å²) in [7, 11) is 3.86. The maximum absolute atomic E-state index is 13.2. The molecule has 2 aromatic heterocycles. The van der Waals surface area contributed by atoms with Crippen molar-refractivity contribution in [2.75, 3.05) is 7.05 Å². The molecule has 2 heterocycles. The topological polar surface area (TPSA) is 80.4 Å². The molecule has 176 valence electrons. The fourth-order valence-corrected chi connectivity index (χ4v) is 5.08. The third-order valence-corrected chi connectivity index (χ3v) is 7.18. The molecule has 1 saturated carbocycles. The van der Waals surface area contributed by atoms with E-state index in [2.05, 4.69) is 10.3 Å². The number of aryl methyl sites for hydroxylation is 3. The van der Waals surface area contributed by atoms with Crippen LogP contribution in [0.15, 0.2) is 46.9 Å². The lowest BCUT2D eigenvalue weighted by Crippen LogP contribution is -2.44. The molecule has 4 aromatic rings. The van der Waals surface area contributed by atoms with Crippen molar-refractivity contribution in [2.45, 2.75) is 51.6 Å². The van der Waals surface area contributed by atoms with E-state index in [1.165, 1.54) is 0 Å². The summed E-state index contributed by atoms with van der Waals surface area (Å²) < 4.78 is 7.68. The smallest absolute Gasteiger partial charge is 0.253 e. The first kappa shape index (κ1) is 22.2. The molecule has 0 radical (unpaired) electrons. The number of imidazole rings is 1. The van der Waals surface area contributed by atoms with Crippen LogP contribution in [0.25, 0.3) is 22.0 Å². The molecular formula is C27H30N4O3. The van der Waals surface area contributed by atoms with Gasteiger partial charge in [0.05, 0.1) is 16.6 Å². The number of hydrogen-bond donors (Lipinski definition) is 1. The average molecular weight is 459 g/mol. The molecule has 0 atom stereocenters. The Morgan fingerprint density at radius 1 is 1.09 bits per heavy atom. The van der Waals surface area contributed by atoms with Crippen LogP contribution in [0.2, 0.25) is 0 Å². The monoisotopic (exact) mass is 458 g/mol. The zero-order chi connectivity index (χ0) is 24.0. The summed E-state index contributed by atoms with van der Waals surface area (Å²) in [6.07, 6.45) is 3.39. The van der Waals surface area contributed by atoms with E-state index in [1.807, 2.05) is 79.9 Å². The summed E-state index contributed by atoms with van der Waals surface area (Å²) in [5.41, 5.74) is 3.90. The molecule has 1 aliphatic carbocycles. The van der Waals surface area contributed by atoms with Crippen LogP contribution < -0.4 is 5.32 Å². The number of fused-ring (bicyclic) bond motifs is 2. The van der Waals surface area contributed by atoms with Gasteiger partial charge < -0.3 is 19.2 Å². The van der Waals surface area contributed by atoms with E-state index in [0.29, 0.717) is 11.1 Å². The van der Waals surface area contributed by atoms with E-state index in [9.17, 15) is 9.59 Å². The highest BCUT2D eigenvalue weighted by Crippen LogP contribution is 2.27. The normalized spacial score (nSPS) is 18.4. The van der Waals surface area contributed by atoms with Crippen LogP contribution in [0.4, 0.5) is 0 Å². The highest BCUT2D eigenvalue weighted by molar-refractivity contribution is 6.06. The van der Waals surface area contributed by atoms with E-state index in [-0.39, 0.29) is 23.9 Å². The molecule has 7 nitrogen and oxygen atoms in total. The Morgan fingerprint density at radius 3 is 2.62 bits per heavy atom. The highest BCUT2D eigenvalue weighted by Gasteiger charge is 2.28. The molecule has 34 heavy (non-hydrogen) atoms. The predicted molar refractivity (Wildman–Crippen MR) is 132 cm³/mol. The van der Waals surface area contributed by atoms with Gasteiger partial charge in [-0.3, -0.25) is 9.59 Å². The number of nitrogens with one attached hydrogen (secondary N) is 1. The SMILES string of the molecule is Cc1cc2c(C(=O)NC3CCC(N(C)C(=O)c4ccc5c(c4)nc(C)n5C)CC3)cccc2o1. The summed E-state index contributed by atoms with van der Waals surface area (Å²) in [6.45, 7) is 3.84. The zero-order valence-corrected chi connectivity index (χ0v) is 20.1. The number of benzene rings is 2.